The van der Waals surface area contributed by atoms with Gasteiger partial charge in [-0.25, -0.2) is 4.98 Å². The van der Waals surface area contributed by atoms with E-state index in [1.807, 2.05) is 12.1 Å². The molecular formula is C15H18N2O2. The number of methoxy groups -OCH3 is 1. The van der Waals surface area contributed by atoms with Crippen molar-refractivity contribution in [2.24, 2.45) is 0 Å². The van der Waals surface area contributed by atoms with Crippen LogP contribution < -0.4 is 4.74 Å². The first-order valence-corrected chi connectivity index (χ1v) is 6.30. The fourth-order valence-corrected chi connectivity index (χ4v) is 2.04. The number of hydrogen-bond donors (Lipinski definition) is 1. The van der Waals surface area contributed by atoms with Gasteiger partial charge in [0, 0.05) is 12.4 Å². The van der Waals surface area contributed by atoms with Gasteiger partial charge in [-0.2, -0.15) is 0 Å². The molecule has 4 heteroatoms. The molecule has 0 bridgehead atoms. The zero-order valence-electron chi connectivity index (χ0n) is 11.2. The highest BCUT2D eigenvalue weighted by Gasteiger charge is 2.15. The number of aromatic nitrogens is 2. The van der Waals surface area contributed by atoms with E-state index in [-0.39, 0.29) is 0 Å². The molecule has 0 aliphatic carbocycles. The second kappa shape index (κ2) is 6.29. The van der Waals surface area contributed by atoms with Crippen molar-refractivity contribution in [2.75, 3.05) is 7.11 Å². The van der Waals surface area contributed by atoms with Gasteiger partial charge in [-0.05, 0) is 30.9 Å². The molecule has 4 nitrogen and oxygen atoms in total. The first-order chi connectivity index (χ1) is 9.22. The van der Waals surface area contributed by atoms with Gasteiger partial charge in [0.05, 0.1) is 7.11 Å². The second-order valence-electron chi connectivity index (χ2n) is 4.43. The lowest BCUT2D eigenvalue weighted by molar-refractivity contribution is 0.157. The van der Waals surface area contributed by atoms with Crippen molar-refractivity contribution in [1.82, 2.24) is 9.97 Å². The lowest BCUT2D eigenvalue weighted by atomic mass is 10.0. The monoisotopic (exact) mass is 258 g/mol. The lowest BCUT2D eigenvalue weighted by Crippen LogP contribution is -2.06. The average molecular weight is 258 g/mol. The predicted octanol–water partition coefficient (Wildman–Crippen LogP) is 2.46. The van der Waals surface area contributed by atoms with Gasteiger partial charge in [-0.1, -0.05) is 24.3 Å². The molecule has 0 aliphatic heterocycles. The molecule has 1 heterocycles. The predicted molar refractivity (Wildman–Crippen MR) is 73.0 cm³/mol. The van der Waals surface area contributed by atoms with E-state index in [9.17, 15) is 5.11 Å². The standard InChI is InChI=1S/C15H18N2O2/c1-11-5-3-4-6-12(11)7-8-13(18)14-15(19-2)17-10-9-16-14/h3-6,9-10,13,18H,7-8H2,1-2H3. The lowest BCUT2D eigenvalue weighted by Gasteiger charge is -2.13. The van der Waals surface area contributed by atoms with Crippen molar-refractivity contribution < 1.29 is 9.84 Å². The van der Waals surface area contributed by atoms with Crippen LogP contribution in [0.3, 0.4) is 0 Å². The van der Waals surface area contributed by atoms with E-state index in [1.54, 1.807) is 12.4 Å². The summed E-state index contributed by atoms with van der Waals surface area (Å²) in [5.41, 5.74) is 2.98. The summed E-state index contributed by atoms with van der Waals surface area (Å²) in [5.74, 6) is 0.389. The minimum Gasteiger partial charge on any atom is -0.480 e. The summed E-state index contributed by atoms with van der Waals surface area (Å²) < 4.78 is 5.11. The molecule has 1 aromatic heterocycles. The van der Waals surface area contributed by atoms with E-state index in [0.29, 0.717) is 18.0 Å². The zero-order chi connectivity index (χ0) is 13.7. The van der Waals surface area contributed by atoms with Crippen LogP contribution in [0.4, 0.5) is 0 Å². The van der Waals surface area contributed by atoms with Crippen molar-refractivity contribution >= 4 is 0 Å². The van der Waals surface area contributed by atoms with Crippen molar-refractivity contribution in [1.29, 1.82) is 0 Å². The minimum absolute atomic E-state index is 0.389. The van der Waals surface area contributed by atoms with E-state index >= 15 is 0 Å². The molecule has 0 spiro atoms. The largest absolute Gasteiger partial charge is 0.480 e. The van der Waals surface area contributed by atoms with Crippen molar-refractivity contribution in [3.05, 3.63) is 53.5 Å². The van der Waals surface area contributed by atoms with Crippen LogP contribution in [-0.2, 0) is 6.42 Å². The molecule has 1 aromatic carbocycles. The molecule has 1 N–H and O–H groups in total. The zero-order valence-corrected chi connectivity index (χ0v) is 11.2. The maximum Gasteiger partial charge on any atom is 0.238 e. The van der Waals surface area contributed by atoms with E-state index in [0.717, 1.165) is 6.42 Å². The topological polar surface area (TPSA) is 55.2 Å². The number of aliphatic hydroxyl groups excluding tert-OH is 1. The normalized spacial score (nSPS) is 12.2. The highest BCUT2D eigenvalue weighted by molar-refractivity contribution is 5.26. The summed E-state index contributed by atoms with van der Waals surface area (Å²) in [5, 5.41) is 10.2. The summed E-state index contributed by atoms with van der Waals surface area (Å²) in [6.45, 7) is 2.07. The molecule has 2 aromatic rings. The first kappa shape index (κ1) is 13.5. The number of aliphatic hydroxyl groups is 1. The Balaban J connectivity index is 2.05. The highest BCUT2D eigenvalue weighted by atomic mass is 16.5. The summed E-state index contributed by atoms with van der Waals surface area (Å²) in [6.07, 6.45) is 3.85. The third-order valence-corrected chi connectivity index (χ3v) is 3.15. The molecule has 0 fully saturated rings. The number of hydrogen-bond acceptors (Lipinski definition) is 4. The van der Waals surface area contributed by atoms with Gasteiger partial charge < -0.3 is 9.84 Å². The van der Waals surface area contributed by atoms with E-state index in [4.69, 9.17) is 4.74 Å². The fourth-order valence-electron chi connectivity index (χ4n) is 2.04. The van der Waals surface area contributed by atoms with Crippen molar-refractivity contribution in [3.8, 4) is 5.88 Å². The summed E-state index contributed by atoms with van der Waals surface area (Å²) in [6, 6.07) is 8.18. The third-order valence-electron chi connectivity index (χ3n) is 3.15. The van der Waals surface area contributed by atoms with Crippen LogP contribution in [0.2, 0.25) is 0 Å². The Morgan fingerprint density at radius 1 is 1.21 bits per heavy atom. The molecule has 2 rings (SSSR count). The summed E-state index contributed by atoms with van der Waals surface area (Å²) in [7, 11) is 1.53. The quantitative estimate of drug-likeness (QED) is 0.895. The van der Waals surface area contributed by atoms with Gasteiger partial charge in [-0.3, -0.25) is 4.98 Å². The molecule has 0 saturated carbocycles. The van der Waals surface area contributed by atoms with Gasteiger partial charge in [0.2, 0.25) is 5.88 Å². The maximum atomic E-state index is 10.2. The summed E-state index contributed by atoms with van der Waals surface area (Å²) >= 11 is 0. The molecule has 100 valence electrons. The molecular weight excluding hydrogens is 240 g/mol. The van der Waals surface area contributed by atoms with Crippen LogP contribution in [0.1, 0.15) is 29.3 Å². The number of aryl methyl sites for hydroxylation is 2. The smallest absolute Gasteiger partial charge is 0.238 e. The van der Waals surface area contributed by atoms with Gasteiger partial charge in [-0.15, -0.1) is 0 Å². The highest BCUT2D eigenvalue weighted by Crippen LogP contribution is 2.24. The van der Waals surface area contributed by atoms with E-state index in [2.05, 4.69) is 29.0 Å². The molecule has 0 aliphatic rings. The van der Waals surface area contributed by atoms with Gasteiger partial charge in [0.25, 0.3) is 0 Å². The fraction of sp³-hybridized carbons (Fsp3) is 0.333. The van der Waals surface area contributed by atoms with Crippen LogP contribution in [0.15, 0.2) is 36.7 Å². The summed E-state index contributed by atoms with van der Waals surface area (Å²) in [4.78, 5) is 8.19. The SMILES string of the molecule is COc1nccnc1C(O)CCc1ccccc1C. The van der Waals surface area contributed by atoms with Gasteiger partial charge in [0.1, 0.15) is 11.8 Å². The van der Waals surface area contributed by atoms with Crippen molar-refractivity contribution in [3.63, 3.8) is 0 Å². The van der Waals surface area contributed by atoms with Gasteiger partial charge in [0.15, 0.2) is 0 Å². The van der Waals surface area contributed by atoms with Crippen molar-refractivity contribution in [2.45, 2.75) is 25.9 Å². The van der Waals surface area contributed by atoms with E-state index < -0.39 is 6.10 Å². The Morgan fingerprint density at radius 3 is 2.68 bits per heavy atom. The molecule has 0 amide bonds. The van der Waals surface area contributed by atoms with Gasteiger partial charge >= 0.3 is 0 Å². The van der Waals surface area contributed by atoms with Crippen LogP contribution in [-0.4, -0.2) is 22.2 Å². The first-order valence-electron chi connectivity index (χ1n) is 6.30. The van der Waals surface area contributed by atoms with Crippen LogP contribution in [0.25, 0.3) is 0 Å². The second-order valence-corrected chi connectivity index (χ2v) is 4.43. The van der Waals surface area contributed by atoms with Crippen LogP contribution >= 0.6 is 0 Å². The average Bonchev–Trinajstić information content (AvgIpc) is 2.46. The molecule has 0 radical (unpaired) electrons. The number of nitrogens with zero attached hydrogens (tertiary/aromatic N) is 2. The number of benzene rings is 1. The van der Waals surface area contributed by atoms with Crippen LogP contribution in [0.5, 0.6) is 5.88 Å². The Labute approximate surface area is 113 Å². The minimum atomic E-state index is -0.664. The molecule has 1 unspecified atom stereocenters. The third kappa shape index (κ3) is 3.29. The molecule has 19 heavy (non-hydrogen) atoms. The van der Waals surface area contributed by atoms with E-state index in [1.165, 1.54) is 18.2 Å². The molecule has 1 atom stereocenters. The maximum absolute atomic E-state index is 10.2. The van der Waals surface area contributed by atoms with Crippen LogP contribution in [0, 0.1) is 6.92 Å². The Kier molecular flexibility index (Phi) is 4.47. The molecule has 0 saturated heterocycles. The number of ether oxygens (including phenoxy) is 1. The Bertz CT molecular complexity index is 543. The Morgan fingerprint density at radius 2 is 1.95 bits per heavy atom. The number of rotatable bonds is 5. The Hall–Kier alpha value is -1.94.